The summed E-state index contributed by atoms with van der Waals surface area (Å²) in [6.45, 7) is 0.787. The van der Waals surface area contributed by atoms with E-state index in [1.807, 2.05) is 0 Å². The standard InChI is InChI=1S/C15H25NO3S.Na/c16-13-7-5-3-1-2-4-6-8-14-9-11-15(12-10-14)20(17,18)19;/h9-12H,1-8,13,16H2,(H,17,18,19);/q;+1/p-1. The summed E-state index contributed by atoms with van der Waals surface area (Å²) < 4.78 is 32.4. The molecule has 0 spiro atoms. The van der Waals surface area contributed by atoms with Gasteiger partial charge in [-0.15, -0.1) is 0 Å². The molecule has 0 amide bonds. The van der Waals surface area contributed by atoms with Gasteiger partial charge in [0, 0.05) is 0 Å². The van der Waals surface area contributed by atoms with Crippen molar-refractivity contribution in [1.29, 1.82) is 0 Å². The smallest absolute Gasteiger partial charge is 0.744 e. The molecule has 0 unspecified atom stereocenters. The second-order valence-electron chi connectivity index (χ2n) is 5.11. The van der Waals surface area contributed by atoms with E-state index in [2.05, 4.69) is 0 Å². The molecule has 0 aliphatic rings. The third-order valence-electron chi connectivity index (χ3n) is 3.38. The van der Waals surface area contributed by atoms with Crippen LogP contribution in [0.1, 0.15) is 50.5 Å². The van der Waals surface area contributed by atoms with Crippen LogP contribution in [0.5, 0.6) is 0 Å². The van der Waals surface area contributed by atoms with Crippen molar-refractivity contribution in [2.45, 2.75) is 56.3 Å². The molecule has 21 heavy (non-hydrogen) atoms. The zero-order chi connectivity index (χ0) is 14.8. The average molecular weight is 321 g/mol. The predicted molar refractivity (Wildman–Crippen MR) is 79.5 cm³/mol. The first kappa shape index (κ1) is 21.1. The van der Waals surface area contributed by atoms with Crippen LogP contribution in [0.4, 0.5) is 0 Å². The molecule has 2 N–H and O–H groups in total. The van der Waals surface area contributed by atoms with Crippen LogP contribution in [0, 0.1) is 0 Å². The summed E-state index contributed by atoms with van der Waals surface area (Å²) in [5.41, 5.74) is 6.52. The molecule has 0 saturated heterocycles. The zero-order valence-corrected chi connectivity index (χ0v) is 15.7. The monoisotopic (exact) mass is 321 g/mol. The van der Waals surface area contributed by atoms with E-state index in [1.165, 1.54) is 44.2 Å². The minimum atomic E-state index is -4.32. The van der Waals surface area contributed by atoms with Gasteiger partial charge in [0.25, 0.3) is 0 Å². The first-order valence-corrected chi connectivity index (χ1v) is 8.70. The van der Waals surface area contributed by atoms with Crippen molar-refractivity contribution in [3.63, 3.8) is 0 Å². The molecule has 0 bridgehead atoms. The van der Waals surface area contributed by atoms with Crippen molar-refractivity contribution in [3.8, 4) is 0 Å². The van der Waals surface area contributed by atoms with E-state index < -0.39 is 10.1 Å². The molecule has 1 aromatic rings. The van der Waals surface area contributed by atoms with Crippen LogP contribution in [-0.2, 0) is 16.5 Å². The van der Waals surface area contributed by atoms with Gasteiger partial charge in [0.1, 0.15) is 10.1 Å². The van der Waals surface area contributed by atoms with Crippen LogP contribution >= 0.6 is 0 Å². The Balaban J connectivity index is 0.00000400. The molecule has 0 radical (unpaired) electrons. The van der Waals surface area contributed by atoms with Crippen molar-refractivity contribution in [3.05, 3.63) is 29.8 Å². The van der Waals surface area contributed by atoms with E-state index in [0.29, 0.717) is 0 Å². The molecule has 0 atom stereocenters. The summed E-state index contributed by atoms with van der Waals surface area (Å²) in [4.78, 5) is -0.152. The van der Waals surface area contributed by atoms with Crippen molar-refractivity contribution in [1.82, 2.24) is 0 Å². The number of nitrogens with two attached hydrogens (primary N) is 1. The van der Waals surface area contributed by atoms with E-state index >= 15 is 0 Å². The van der Waals surface area contributed by atoms with Gasteiger partial charge in [-0.1, -0.05) is 44.2 Å². The Labute approximate surface area is 150 Å². The second-order valence-corrected chi connectivity index (χ2v) is 6.49. The predicted octanol–water partition coefficient (Wildman–Crippen LogP) is -0.173. The van der Waals surface area contributed by atoms with Crippen molar-refractivity contribution >= 4 is 10.1 Å². The van der Waals surface area contributed by atoms with Crippen LogP contribution in [0.25, 0.3) is 0 Å². The normalized spacial score (nSPS) is 11.1. The van der Waals surface area contributed by atoms with Crippen LogP contribution in [0.3, 0.4) is 0 Å². The number of hydrogen-bond donors (Lipinski definition) is 1. The van der Waals surface area contributed by atoms with Crippen LogP contribution < -0.4 is 35.3 Å². The Morgan fingerprint density at radius 3 is 1.81 bits per heavy atom. The maximum Gasteiger partial charge on any atom is 1.00 e. The maximum absolute atomic E-state index is 10.8. The van der Waals surface area contributed by atoms with Gasteiger partial charge < -0.3 is 10.3 Å². The summed E-state index contributed by atoms with van der Waals surface area (Å²) in [7, 11) is -4.32. The zero-order valence-electron chi connectivity index (χ0n) is 12.9. The Kier molecular flexibility index (Phi) is 11.7. The molecule has 1 rings (SSSR count). The number of unbranched alkanes of at least 4 members (excludes halogenated alkanes) is 6. The van der Waals surface area contributed by atoms with E-state index in [1.54, 1.807) is 12.1 Å². The Morgan fingerprint density at radius 2 is 1.33 bits per heavy atom. The molecule has 0 aromatic heterocycles. The summed E-state index contributed by atoms with van der Waals surface area (Å²) >= 11 is 0. The molecule has 4 nitrogen and oxygen atoms in total. The topological polar surface area (TPSA) is 83.2 Å². The Bertz CT molecular complexity index is 474. The molecule has 0 heterocycles. The van der Waals surface area contributed by atoms with E-state index in [4.69, 9.17) is 5.73 Å². The second kappa shape index (κ2) is 11.6. The fraction of sp³-hybridized carbons (Fsp3) is 0.600. The van der Waals surface area contributed by atoms with Gasteiger partial charge in [0.2, 0.25) is 0 Å². The number of rotatable bonds is 10. The number of hydrogen-bond acceptors (Lipinski definition) is 4. The van der Waals surface area contributed by atoms with Crippen molar-refractivity contribution in [2.75, 3.05) is 6.54 Å². The van der Waals surface area contributed by atoms with Gasteiger partial charge in [0.05, 0.1) is 4.90 Å². The fourth-order valence-corrected chi connectivity index (χ4v) is 2.65. The molecule has 114 valence electrons. The summed E-state index contributed by atoms with van der Waals surface area (Å²) in [6.07, 6.45) is 9.31. The van der Waals surface area contributed by atoms with Crippen LogP contribution in [0.2, 0.25) is 0 Å². The van der Waals surface area contributed by atoms with Crippen molar-refractivity contribution in [2.24, 2.45) is 5.73 Å². The molecule has 1 aromatic carbocycles. The molecule has 0 saturated carbocycles. The molecule has 6 heteroatoms. The summed E-state index contributed by atoms with van der Waals surface area (Å²) in [5.74, 6) is 0. The summed E-state index contributed by atoms with van der Waals surface area (Å²) in [5, 5.41) is 0. The third-order valence-corrected chi connectivity index (χ3v) is 4.23. The van der Waals surface area contributed by atoms with E-state index in [9.17, 15) is 13.0 Å². The number of aryl methyl sites for hydroxylation is 1. The minimum absolute atomic E-state index is 0. The van der Waals surface area contributed by atoms with Crippen LogP contribution in [0.15, 0.2) is 29.2 Å². The van der Waals surface area contributed by atoms with Crippen molar-refractivity contribution < 1.29 is 42.5 Å². The molecular formula is C15H24NNaO3S. The molecular weight excluding hydrogens is 297 g/mol. The molecule has 0 aliphatic carbocycles. The molecule has 0 aliphatic heterocycles. The van der Waals surface area contributed by atoms with Gasteiger partial charge in [-0.05, 0) is 43.5 Å². The quantitative estimate of drug-likeness (QED) is 0.368. The SMILES string of the molecule is NCCCCCCCCCc1ccc(S(=O)(=O)[O-])cc1.[Na+]. The van der Waals surface area contributed by atoms with E-state index in [-0.39, 0.29) is 34.5 Å². The number of benzene rings is 1. The van der Waals surface area contributed by atoms with Gasteiger partial charge in [0.15, 0.2) is 0 Å². The first-order chi connectivity index (χ1) is 9.54. The van der Waals surface area contributed by atoms with Gasteiger partial charge >= 0.3 is 29.6 Å². The van der Waals surface area contributed by atoms with Gasteiger partial charge in [-0.3, -0.25) is 0 Å². The molecule has 0 fully saturated rings. The van der Waals surface area contributed by atoms with E-state index in [0.717, 1.165) is 31.4 Å². The maximum atomic E-state index is 10.8. The van der Waals surface area contributed by atoms with Gasteiger partial charge in [-0.2, -0.15) is 0 Å². The third kappa shape index (κ3) is 9.66. The first-order valence-electron chi connectivity index (χ1n) is 7.29. The average Bonchev–Trinajstić information content (AvgIpc) is 2.41. The Hall–Kier alpha value is 0.0900. The van der Waals surface area contributed by atoms with Crippen LogP contribution in [-0.4, -0.2) is 19.5 Å². The minimum Gasteiger partial charge on any atom is -0.744 e. The largest absolute Gasteiger partial charge is 1.00 e. The van der Waals surface area contributed by atoms with Gasteiger partial charge in [-0.25, -0.2) is 8.42 Å². The fourth-order valence-electron chi connectivity index (χ4n) is 2.18. The Morgan fingerprint density at radius 1 is 0.857 bits per heavy atom. The summed E-state index contributed by atoms with van der Waals surface area (Å²) in [6, 6.07) is 6.24.